The van der Waals surface area contributed by atoms with Gasteiger partial charge in [-0.25, -0.2) is 0 Å². The Balaban J connectivity index is 1.58. The van der Waals surface area contributed by atoms with Crippen molar-refractivity contribution in [2.75, 3.05) is 0 Å². The summed E-state index contributed by atoms with van der Waals surface area (Å²) in [5, 5.41) is 4.00. The van der Waals surface area contributed by atoms with Crippen LogP contribution in [0.25, 0.3) is 10.9 Å². The first-order valence-electron chi connectivity index (χ1n) is 9.47. The van der Waals surface area contributed by atoms with E-state index in [1.54, 1.807) is 6.20 Å². The highest BCUT2D eigenvalue weighted by atomic mass is 16.1. The summed E-state index contributed by atoms with van der Waals surface area (Å²) < 4.78 is 0. The lowest BCUT2D eigenvalue weighted by Crippen LogP contribution is -2.22. The molecule has 2 aromatic carbocycles. The number of fused-ring (bicyclic) bond motifs is 1. The molecule has 3 aromatic rings. The first kappa shape index (κ1) is 18.1. The number of benzene rings is 2. The van der Waals surface area contributed by atoms with Crippen LogP contribution in [-0.2, 0) is 13.0 Å². The molecule has 0 saturated carbocycles. The van der Waals surface area contributed by atoms with Crippen molar-refractivity contribution >= 4 is 16.8 Å². The predicted octanol–water partition coefficient (Wildman–Crippen LogP) is 5.29. The highest BCUT2D eigenvalue weighted by Gasteiger charge is 2.07. The van der Waals surface area contributed by atoms with E-state index >= 15 is 0 Å². The van der Waals surface area contributed by atoms with Crippen molar-refractivity contribution in [1.29, 1.82) is 0 Å². The van der Waals surface area contributed by atoms with Crippen LogP contribution in [0, 0.1) is 0 Å². The maximum Gasteiger partial charge on any atom is 0.251 e. The Morgan fingerprint density at radius 1 is 0.962 bits per heavy atom. The van der Waals surface area contributed by atoms with Gasteiger partial charge in [0.05, 0.1) is 5.52 Å². The van der Waals surface area contributed by atoms with Crippen LogP contribution in [0.1, 0.15) is 54.1 Å². The minimum absolute atomic E-state index is 0.0518. The maximum absolute atomic E-state index is 12.5. The molecule has 0 radical (unpaired) electrons. The summed E-state index contributed by atoms with van der Waals surface area (Å²) in [6.07, 6.45) is 7.95. The molecule has 0 spiro atoms. The molecular formula is C23H26N2O. The lowest BCUT2D eigenvalue weighted by Gasteiger charge is -2.08. The molecule has 0 saturated heterocycles. The van der Waals surface area contributed by atoms with Gasteiger partial charge in [0.25, 0.3) is 5.91 Å². The molecule has 0 aliphatic carbocycles. The SMILES string of the molecule is CCCCCCc1cccc(CNC(=O)c2ccc3ncccc3c2)c1. The third kappa shape index (κ3) is 4.92. The van der Waals surface area contributed by atoms with E-state index in [0.29, 0.717) is 12.1 Å². The fraction of sp³-hybridized carbons (Fsp3) is 0.304. The van der Waals surface area contributed by atoms with Gasteiger partial charge in [0.15, 0.2) is 0 Å². The zero-order valence-corrected chi connectivity index (χ0v) is 15.4. The zero-order chi connectivity index (χ0) is 18.2. The molecule has 3 heteroatoms. The summed E-state index contributed by atoms with van der Waals surface area (Å²) in [7, 11) is 0. The first-order valence-corrected chi connectivity index (χ1v) is 9.47. The minimum atomic E-state index is -0.0518. The molecule has 3 nitrogen and oxygen atoms in total. The summed E-state index contributed by atoms with van der Waals surface area (Å²) in [5.74, 6) is -0.0518. The van der Waals surface area contributed by atoms with Gasteiger partial charge in [-0.2, -0.15) is 0 Å². The lowest BCUT2D eigenvalue weighted by molar-refractivity contribution is 0.0951. The van der Waals surface area contributed by atoms with Crippen LogP contribution in [0.3, 0.4) is 0 Å². The first-order chi connectivity index (χ1) is 12.8. The van der Waals surface area contributed by atoms with Crippen LogP contribution in [0.15, 0.2) is 60.8 Å². The summed E-state index contributed by atoms with van der Waals surface area (Å²) in [6.45, 7) is 2.78. The molecule has 26 heavy (non-hydrogen) atoms. The molecule has 1 amide bonds. The molecule has 134 valence electrons. The van der Waals surface area contributed by atoms with Crippen molar-refractivity contribution in [3.05, 3.63) is 77.5 Å². The van der Waals surface area contributed by atoms with Gasteiger partial charge in [-0.05, 0) is 48.2 Å². The Hall–Kier alpha value is -2.68. The van der Waals surface area contributed by atoms with Crippen molar-refractivity contribution < 1.29 is 4.79 Å². The number of unbranched alkanes of at least 4 members (excludes halogenated alkanes) is 3. The summed E-state index contributed by atoms with van der Waals surface area (Å²) in [5.41, 5.74) is 4.07. The fourth-order valence-electron chi connectivity index (χ4n) is 3.15. The van der Waals surface area contributed by atoms with E-state index in [0.717, 1.165) is 22.9 Å². The van der Waals surface area contributed by atoms with E-state index < -0.39 is 0 Å². The highest BCUT2D eigenvalue weighted by molar-refractivity contribution is 5.97. The molecule has 1 heterocycles. The molecule has 0 unspecified atom stereocenters. The highest BCUT2D eigenvalue weighted by Crippen LogP contribution is 2.14. The van der Waals surface area contributed by atoms with Crippen LogP contribution in [0.4, 0.5) is 0 Å². The van der Waals surface area contributed by atoms with Gasteiger partial charge in [-0.3, -0.25) is 9.78 Å². The number of pyridine rings is 1. The Kier molecular flexibility index (Phi) is 6.37. The molecule has 3 rings (SSSR count). The van der Waals surface area contributed by atoms with Crippen molar-refractivity contribution in [3.63, 3.8) is 0 Å². The average molecular weight is 346 g/mol. The molecular weight excluding hydrogens is 320 g/mol. The largest absolute Gasteiger partial charge is 0.348 e. The van der Waals surface area contributed by atoms with E-state index in [4.69, 9.17) is 0 Å². The average Bonchev–Trinajstić information content (AvgIpc) is 2.69. The predicted molar refractivity (Wildman–Crippen MR) is 107 cm³/mol. The van der Waals surface area contributed by atoms with Crippen molar-refractivity contribution in [2.24, 2.45) is 0 Å². The maximum atomic E-state index is 12.5. The molecule has 1 N–H and O–H groups in total. The number of amides is 1. The third-order valence-corrected chi connectivity index (χ3v) is 4.63. The molecule has 0 bridgehead atoms. The van der Waals surface area contributed by atoms with E-state index in [1.807, 2.05) is 30.3 Å². The van der Waals surface area contributed by atoms with Gasteiger partial charge in [-0.15, -0.1) is 0 Å². The van der Waals surface area contributed by atoms with Gasteiger partial charge in [0.2, 0.25) is 0 Å². The summed E-state index contributed by atoms with van der Waals surface area (Å²) >= 11 is 0. The van der Waals surface area contributed by atoms with Gasteiger partial charge in [0.1, 0.15) is 0 Å². The minimum Gasteiger partial charge on any atom is -0.348 e. The molecule has 0 fully saturated rings. The van der Waals surface area contributed by atoms with Crippen LogP contribution in [0.2, 0.25) is 0 Å². The Morgan fingerprint density at radius 3 is 2.73 bits per heavy atom. The van der Waals surface area contributed by atoms with Crippen molar-refractivity contribution in [3.8, 4) is 0 Å². The summed E-state index contributed by atoms with van der Waals surface area (Å²) in [6, 6.07) is 18.0. The second-order valence-corrected chi connectivity index (χ2v) is 6.72. The number of aryl methyl sites for hydroxylation is 1. The van der Waals surface area contributed by atoms with Gasteiger partial charge < -0.3 is 5.32 Å². The number of carbonyl (C=O) groups is 1. The second kappa shape index (κ2) is 9.14. The van der Waals surface area contributed by atoms with E-state index in [2.05, 4.69) is 41.5 Å². The molecule has 0 aliphatic rings. The second-order valence-electron chi connectivity index (χ2n) is 6.72. The Morgan fingerprint density at radius 2 is 1.85 bits per heavy atom. The van der Waals surface area contributed by atoms with Gasteiger partial charge in [-0.1, -0.05) is 56.5 Å². The summed E-state index contributed by atoms with van der Waals surface area (Å²) in [4.78, 5) is 16.7. The van der Waals surface area contributed by atoms with Crippen LogP contribution in [0.5, 0.6) is 0 Å². The van der Waals surface area contributed by atoms with Crippen molar-refractivity contribution in [2.45, 2.75) is 45.6 Å². The molecule has 1 aromatic heterocycles. The van der Waals surface area contributed by atoms with E-state index in [9.17, 15) is 4.79 Å². The van der Waals surface area contributed by atoms with E-state index in [1.165, 1.54) is 31.2 Å². The number of rotatable bonds is 8. The van der Waals surface area contributed by atoms with Crippen LogP contribution >= 0.6 is 0 Å². The molecule has 0 aliphatic heterocycles. The normalized spacial score (nSPS) is 10.8. The lowest BCUT2D eigenvalue weighted by atomic mass is 10.0. The topological polar surface area (TPSA) is 42.0 Å². The smallest absolute Gasteiger partial charge is 0.251 e. The molecule has 0 atom stereocenters. The van der Waals surface area contributed by atoms with Gasteiger partial charge >= 0.3 is 0 Å². The van der Waals surface area contributed by atoms with Crippen LogP contribution in [-0.4, -0.2) is 10.9 Å². The number of hydrogen-bond donors (Lipinski definition) is 1. The Labute approximate surface area is 155 Å². The number of nitrogens with zero attached hydrogens (tertiary/aromatic N) is 1. The Bertz CT molecular complexity index is 873. The van der Waals surface area contributed by atoms with E-state index in [-0.39, 0.29) is 5.91 Å². The quantitative estimate of drug-likeness (QED) is 0.563. The number of aromatic nitrogens is 1. The van der Waals surface area contributed by atoms with Crippen LogP contribution < -0.4 is 5.32 Å². The standard InChI is InChI=1S/C23H26N2O/c1-2-3-4-5-8-18-9-6-10-19(15-18)17-25-23(26)21-12-13-22-20(16-21)11-7-14-24-22/h6-7,9-16H,2-5,8,17H2,1H3,(H,25,26). The van der Waals surface area contributed by atoms with Crippen molar-refractivity contribution in [1.82, 2.24) is 10.3 Å². The number of hydrogen-bond acceptors (Lipinski definition) is 2. The fourth-order valence-corrected chi connectivity index (χ4v) is 3.15. The number of carbonyl (C=O) groups excluding carboxylic acids is 1. The van der Waals surface area contributed by atoms with Gasteiger partial charge in [0, 0.05) is 23.7 Å². The zero-order valence-electron chi connectivity index (χ0n) is 15.4. The third-order valence-electron chi connectivity index (χ3n) is 4.63. The number of nitrogens with one attached hydrogen (secondary N) is 1. The monoisotopic (exact) mass is 346 g/mol.